The molecule has 6 rings (SSSR count). The van der Waals surface area contributed by atoms with E-state index in [0.717, 1.165) is 25.0 Å². The van der Waals surface area contributed by atoms with Crippen molar-refractivity contribution in [1.29, 1.82) is 0 Å². The molecule has 2 bridgehead atoms. The Morgan fingerprint density at radius 3 is 2.62 bits per heavy atom. The fourth-order valence-corrected chi connectivity index (χ4v) is 7.04. The van der Waals surface area contributed by atoms with Gasteiger partial charge in [0.1, 0.15) is 24.1 Å². The topological polar surface area (TPSA) is 81.5 Å². The van der Waals surface area contributed by atoms with E-state index in [0.29, 0.717) is 18.4 Å². The molecule has 39 heavy (non-hydrogen) atoms. The van der Waals surface area contributed by atoms with Gasteiger partial charge in [-0.3, -0.25) is 23.9 Å². The van der Waals surface area contributed by atoms with Gasteiger partial charge in [0.25, 0.3) is 5.91 Å². The van der Waals surface area contributed by atoms with Gasteiger partial charge in [-0.05, 0) is 60.8 Å². The molecule has 7 nitrogen and oxygen atoms in total. The van der Waals surface area contributed by atoms with Crippen molar-refractivity contribution in [3.05, 3.63) is 63.9 Å². The first kappa shape index (κ1) is 25.8. The molecule has 2 aromatic heterocycles. The maximum atomic E-state index is 15.0. The number of carbonyl (C=O) groups is 2. The minimum atomic E-state index is -0.861. The van der Waals surface area contributed by atoms with E-state index >= 15 is 4.39 Å². The van der Waals surface area contributed by atoms with E-state index in [9.17, 15) is 18.8 Å². The van der Waals surface area contributed by atoms with Gasteiger partial charge < -0.3 is 4.74 Å². The predicted octanol–water partition coefficient (Wildman–Crippen LogP) is 5.21. The van der Waals surface area contributed by atoms with Crippen LogP contribution in [0.2, 0.25) is 0 Å². The molecule has 3 aliphatic rings. The van der Waals surface area contributed by atoms with Crippen LogP contribution in [-0.4, -0.2) is 41.0 Å². The Bertz CT molecular complexity index is 1520. The molecule has 3 heterocycles. The average molecular weight is 536 g/mol. The second-order valence-corrected chi connectivity index (χ2v) is 11.7. The summed E-state index contributed by atoms with van der Waals surface area (Å²) in [6.07, 6.45) is 8.32. The van der Waals surface area contributed by atoms with Crippen molar-refractivity contribution in [1.82, 2.24) is 9.55 Å². The molecule has 3 aromatic rings. The summed E-state index contributed by atoms with van der Waals surface area (Å²) < 4.78 is 35.3. The van der Waals surface area contributed by atoms with Crippen LogP contribution in [0.4, 0.5) is 14.6 Å². The summed E-state index contributed by atoms with van der Waals surface area (Å²) in [5.74, 6) is -0.668. The van der Waals surface area contributed by atoms with Crippen molar-refractivity contribution in [3.63, 3.8) is 0 Å². The Morgan fingerprint density at radius 2 is 1.90 bits per heavy atom. The first-order chi connectivity index (χ1) is 18.7. The lowest BCUT2D eigenvalue weighted by atomic mass is 9.60. The molecule has 2 saturated carbocycles. The van der Waals surface area contributed by atoms with E-state index in [4.69, 9.17) is 4.74 Å². The molecule has 2 aliphatic carbocycles. The normalized spacial score (nSPS) is 25.2. The number of Topliss-reactive ketones (excluding diaryl/α,β-unsaturated/α-hetero) is 1. The standard InChI is InChI=1S/C30H31F2N3O4/c1-30(13-18-3-2-4-19(11-18)14-30)15-25(36)22-16-35(24-7-5-20(31)12-23(24)32)29-21(28(22)38)6-8-26(33-29)34-9-10-39-17-27(34)37/h5-8,12,16,18-19H,2-4,9-11,13-15,17H2,1H3. The second-order valence-electron chi connectivity index (χ2n) is 11.7. The van der Waals surface area contributed by atoms with Gasteiger partial charge in [-0.15, -0.1) is 0 Å². The molecule has 1 saturated heterocycles. The van der Waals surface area contributed by atoms with E-state index in [-0.39, 0.29) is 64.8 Å². The molecular formula is C30H31F2N3O4. The van der Waals surface area contributed by atoms with E-state index in [2.05, 4.69) is 11.9 Å². The predicted molar refractivity (Wildman–Crippen MR) is 142 cm³/mol. The molecule has 0 radical (unpaired) electrons. The average Bonchev–Trinajstić information content (AvgIpc) is 2.89. The van der Waals surface area contributed by atoms with E-state index in [1.807, 2.05) is 0 Å². The first-order valence-corrected chi connectivity index (χ1v) is 13.6. The van der Waals surface area contributed by atoms with Gasteiger partial charge in [0.2, 0.25) is 5.43 Å². The van der Waals surface area contributed by atoms with Crippen LogP contribution in [0.1, 0.15) is 62.2 Å². The maximum absolute atomic E-state index is 15.0. The fourth-order valence-electron chi connectivity index (χ4n) is 7.04. The zero-order chi connectivity index (χ0) is 27.3. The summed E-state index contributed by atoms with van der Waals surface area (Å²) in [6, 6.07) is 6.18. The Balaban J connectivity index is 1.45. The summed E-state index contributed by atoms with van der Waals surface area (Å²) in [5, 5.41) is 0.125. The van der Waals surface area contributed by atoms with E-state index < -0.39 is 17.1 Å². The summed E-state index contributed by atoms with van der Waals surface area (Å²) in [7, 11) is 0. The highest BCUT2D eigenvalue weighted by atomic mass is 19.1. The molecule has 204 valence electrons. The number of pyridine rings is 2. The Hall–Kier alpha value is -3.46. The van der Waals surface area contributed by atoms with Crippen molar-refractivity contribution >= 4 is 28.5 Å². The van der Waals surface area contributed by atoms with Crippen molar-refractivity contribution in [2.75, 3.05) is 24.7 Å². The van der Waals surface area contributed by atoms with Crippen molar-refractivity contribution in [3.8, 4) is 5.69 Å². The van der Waals surface area contributed by atoms with Crippen LogP contribution >= 0.6 is 0 Å². The van der Waals surface area contributed by atoms with Crippen molar-refractivity contribution in [2.24, 2.45) is 17.3 Å². The number of hydrogen-bond acceptors (Lipinski definition) is 5. The molecular weight excluding hydrogens is 504 g/mol. The molecule has 3 fully saturated rings. The third kappa shape index (κ3) is 4.88. The number of benzene rings is 1. The van der Waals surface area contributed by atoms with E-state index in [1.165, 1.54) is 53.5 Å². The van der Waals surface area contributed by atoms with Crippen LogP contribution in [0.25, 0.3) is 16.7 Å². The first-order valence-electron chi connectivity index (χ1n) is 13.6. The van der Waals surface area contributed by atoms with Crippen LogP contribution in [0.15, 0.2) is 41.3 Å². The SMILES string of the molecule is CC1(CC(=O)c2cn(-c3ccc(F)cc3F)c3nc(N4CCOCC4=O)ccc3c2=O)CC2CCCC(C2)C1. The lowest BCUT2D eigenvalue weighted by molar-refractivity contribution is -0.125. The molecule has 1 amide bonds. The molecule has 2 atom stereocenters. The summed E-state index contributed by atoms with van der Waals surface area (Å²) in [6.45, 7) is 2.66. The third-order valence-corrected chi connectivity index (χ3v) is 8.61. The zero-order valence-corrected chi connectivity index (χ0v) is 21.9. The third-order valence-electron chi connectivity index (χ3n) is 8.61. The number of ether oxygens (including phenoxy) is 1. The van der Waals surface area contributed by atoms with Crippen molar-refractivity contribution in [2.45, 2.75) is 51.9 Å². The number of aromatic nitrogens is 2. The van der Waals surface area contributed by atoms with Crippen LogP contribution in [0.5, 0.6) is 0 Å². The number of halogens is 2. The monoisotopic (exact) mass is 535 g/mol. The lowest BCUT2D eigenvalue weighted by Crippen LogP contribution is -2.42. The highest BCUT2D eigenvalue weighted by molar-refractivity contribution is 6.00. The zero-order valence-electron chi connectivity index (χ0n) is 21.9. The summed E-state index contributed by atoms with van der Waals surface area (Å²) in [5.41, 5.74) is -0.693. The largest absolute Gasteiger partial charge is 0.370 e. The van der Waals surface area contributed by atoms with Crippen LogP contribution in [-0.2, 0) is 9.53 Å². The maximum Gasteiger partial charge on any atom is 0.254 e. The minimum absolute atomic E-state index is 0.0415. The number of fused-ring (bicyclic) bond motifs is 3. The summed E-state index contributed by atoms with van der Waals surface area (Å²) in [4.78, 5) is 45.8. The molecule has 1 aromatic carbocycles. The molecule has 1 aliphatic heterocycles. The second kappa shape index (κ2) is 9.93. The quantitative estimate of drug-likeness (QED) is 0.419. The number of ketones is 1. The Morgan fingerprint density at radius 1 is 1.13 bits per heavy atom. The van der Waals surface area contributed by atoms with Gasteiger partial charge in [-0.25, -0.2) is 13.8 Å². The summed E-state index contributed by atoms with van der Waals surface area (Å²) >= 11 is 0. The fraction of sp³-hybridized carbons (Fsp3) is 0.467. The highest BCUT2D eigenvalue weighted by Crippen LogP contribution is 2.50. The number of rotatable bonds is 5. The molecule has 9 heteroatoms. The van der Waals surface area contributed by atoms with Crippen LogP contribution in [0, 0.1) is 28.9 Å². The van der Waals surface area contributed by atoms with Gasteiger partial charge in [0, 0.05) is 18.7 Å². The molecule has 0 N–H and O–H groups in total. The molecule has 0 spiro atoms. The highest BCUT2D eigenvalue weighted by Gasteiger charge is 2.40. The minimum Gasteiger partial charge on any atom is -0.370 e. The number of morpholine rings is 1. The number of amides is 1. The number of carbonyl (C=O) groups excluding carboxylic acids is 2. The Labute approximate surface area is 224 Å². The van der Waals surface area contributed by atoms with Gasteiger partial charge in [0.15, 0.2) is 11.4 Å². The van der Waals surface area contributed by atoms with Gasteiger partial charge in [-0.1, -0.05) is 26.2 Å². The van der Waals surface area contributed by atoms with Crippen LogP contribution in [0.3, 0.4) is 0 Å². The van der Waals surface area contributed by atoms with Crippen LogP contribution < -0.4 is 10.3 Å². The van der Waals surface area contributed by atoms with Crippen molar-refractivity contribution < 1.29 is 23.1 Å². The number of anilines is 1. The number of hydrogen-bond donors (Lipinski definition) is 0. The van der Waals surface area contributed by atoms with Gasteiger partial charge in [0.05, 0.1) is 29.8 Å². The van der Waals surface area contributed by atoms with Gasteiger partial charge in [-0.2, -0.15) is 0 Å². The molecule has 2 unspecified atom stereocenters. The van der Waals surface area contributed by atoms with Gasteiger partial charge >= 0.3 is 0 Å². The number of nitrogens with zero attached hydrogens (tertiary/aromatic N) is 3. The Kier molecular flexibility index (Phi) is 6.57. The smallest absolute Gasteiger partial charge is 0.254 e. The lowest BCUT2D eigenvalue weighted by Gasteiger charge is -2.45. The van der Waals surface area contributed by atoms with E-state index in [1.54, 1.807) is 6.07 Å².